The first-order valence-electron chi connectivity index (χ1n) is 5.92. The van der Waals surface area contributed by atoms with E-state index < -0.39 is 39.3 Å². The molecule has 0 aliphatic rings. The average molecular weight is 338 g/mol. The second kappa shape index (κ2) is 6.44. The lowest BCUT2D eigenvalue weighted by Gasteiger charge is -2.13. The third-order valence-electron chi connectivity index (χ3n) is 2.71. The largest absolute Gasteiger partial charge is 0.480 e. The number of halogens is 1. The zero-order valence-electron chi connectivity index (χ0n) is 11.8. The van der Waals surface area contributed by atoms with E-state index in [1.807, 2.05) is 0 Å². The Labute approximate surface area is 127 Å². The van der Waals surface area contributed by atoms with Crippen LogP contribution in [0.5, 0.6) is 0 Å². The Balaban J connectivity index is 2.95. The summed E-state index contributed by atoms with van der Waals surface area (Å²) in [6, 6.07) is -1.50. The van der Waals surface area contributed by atoms with Gasteiger partial charge in [0.15, 0.2) is 9.84 Å². The summed E-state index contributed by atoms with van der Waals surface area (Å²) in [5.74, 6) is -3.21. The first kappa shape index (κ1) is 17.4. The van der Waals surface area contributed by atoms with Crippen LogP contribution in [-0.2, 0) is 32.2 Å². The van der Waals surface area contributed by atoms with E-state index in [1.54, 1.807) is 14.0 Å². The van der Waals surface area contributed by atoms with Gasteiger partial charge < -0.3 is 10.4 Å². The molecule has 0 saturated carbocycles. The average Bonchev–Trinajstić information content (AvgIpc) is 2.54. The van der Waals surface area contributed by atoms with Gasteiger partial charge in [-0.2, -0.15) is 5.10 Å². The maximum absolute atomic E-state index is 12.1. The molecule has 0 saturated heterocycles. The second-order valence-corrected chi connectivity index (χ2v) is 7.10. The molecule has 0 spiro atoms. The Hall–Kier alpha value is -1.61. The molecule has 1 rings (SSSR count). The molecule has 0 bridgehead atoms. The van der Waals surface area contributed by atoms with Crippen molar-refractivity contribution in [1.82, 2.24) is 15.1 Å². The van der Waals surface area contributed by atoms with Crippen LogP contribution in [0, 0.1) is 6.92 Å². The fourth-order valence-corrected chi connectivity index (χ4v) is 3.68. The second-order valence-electron chi connectivity index (χ2n) is 4.62. The zero-order valence-corrected chi connectivity index (χ0v) is 13.3. The molecule has 2 N–H and O–H groups in total. The lowest BCUT2D eigenvalue weighted by molar-refractivity contribution is -0.140. The highest BCUT2D eigenvalue weighted by molar-refractivity contribution is 7.90. The Kier molecular flexibility index (Phi) is 5.35. The molecule has 1 aromatic rings. The summed E-state index contributed by atoms with van der Waals surface area (Å²) in [7, 11) is -2.25. The van der Waals surface area contributed by atoms with Gasteiger partial charge in [-0.1, -0.05) is 11.6 Å². The van der Waals surface area contributed by atoms with E-state index in [4.69, 9.17) is 16.7 Å². The molecule has 0 fully saturated rings. The highest BCUT2D eigenvalue weighted by Crippen LogP contribution is 2.21. The van der Waals surface area contributed by atoms with Crippen molar-refractivity contribution in [2.75, 3.05) is 5.75 Å². The summed E-state index contributed by atoms with van der Waals surface area (Å²) in [4.78, 5) is 21.9. The van der Waals surface area contributed by atoms with Crippen molar-refractivity contribution in [3.8, 4) is 0 Å². The van der Waals surface area contributed by atoms with Crippen LogP contribution in [-0.4, -0.2) is 47.0 Å². The minimum absolute atomic E-state index is 0.229. The number of aliphatic carboxylic acids is 1. The topological polar surface area (TPSA) is 118 Å². The summed E-state index contributed by atoms with van der Waals surface area (Å²) in [5, 5.41) is 15.2. The van der Waals surface area contributed by atoms with E-state index in [1.165, 1.54) is 4.68 Å². The summed E-state index contributed by atoms with van der Waals surface area (Å²) >= 11 is 5.97. The van der Waals surface area contributed by atoms with Crippen LogP contribution in [0.4, 0.5) is 0 Å². The number of carboxylic acid groups (broad SMARTS) is 1. The minimum atomic E-state index is -3.80. The summed E-state index contributed by atoms with van der Waals surface area (Å²) in [6.07, 6.45) is 0. The van der Waals surface area contributed by atoms with Gasteiger partial charge >= 0.3 is 5.97 Å². The van der Waals surface area contributed by atoms with Crippen molar-refractivity contribution >= 4 is 33.3 Å². The normalized spacial score (nSPS) is 13.0. The van der Waals surface area contributed by atoms with Crippen LogP contribution in [0.25, 0.3) is 0 Å². The molecule has 0 aliphatic carbocycles. The molecule has 1 aromatic heterocycles. The third-order valence-corrected chi connectivity index (χ3v) is 4.76. The van der Waals surface area contributed by atoms with E-state index in [2.05, 4.69) is 10.4 Å². The zero-order chi connectivity index (χ0) is 16.4. The number of carboxylic acids is 1. The Bertz CT molecular complexity index is 668. The molecule has 1 heterocycles. The van der Waals surface area contributed by atoms with Crippen LogP contribution in [0.2, 0.25) is 5.02 Å². The van der Waals surface area contributed by atoms with Gasteiger partial charge in [-0.15, -0.1) is 0 Å². The molecule has 1 unspecified atom stereocenters. The van der Waals surface area contributed by atoms with Gasteiger partial charge in [0.25, 0.3) is 0 Å². The van der Waals surface area contributed by atoms with Gasteiger partial charge in [-0.25, -0.2) is 13.2 Å². The van der Waals surface area contributed by atoms with Crippen LogP contribution < -0.4 is 5.32 Å². The number of nitrogens with zero attached hydrogens (tertiary/aromatic N) is 2. The van der Waals surface area contributed by atoms with E-state index in [0.717, 1.165) is 6.92 Å². The van der Waals surface area contributed by atoms with Crippen molar-refractivity contribution < 1.29 is 23.1 Å². The maximum Gasteiger partial charge on any atom is 0.327 e. The molecule has 0 aromatic carbocycles. The predicted molar refractivity (Wildman–Crippen MR) is 75.7 cm³/mol. The molecular weight excluding hydrogens is 322 g/mol. The maximum atomic E-state index is 12.1. The number of amides is 1. The van der Waals surface area contributed by atoms with Crippen molar-refractivity contribution in [3.05, 3.63) is 16.4 Å². The number of carbonyl (C=O) groups excluding carboxylic acids is 1. The van der Waals surface area contributed by atoms with Crippen LogP contribution in [0.1, 0.15) is 18.3 Å². The molecule has 8 nitrogen and oxygen atoms in total. The van der Waals surface area contributed by atoms with Crippen molar-refractivity contribution in [3.63, 3.8) is 0 Å². The van der Waals surface area contributed by atoms with Crippen LogP contribution >= 0.6 is 11.6 Å². The van der Waals surface area contributed by atoms with Crippen LogP contribution in [0.3, 0.4) is 0 Å². The van der Waals surface area contributed by atoms with Gasteiger partial charge in [0.2, 0.25) is 5.91 Å². The molecule has 1 atom stereocenters. The van der Waals surface area contributed by atoms with E-state index in [9.17, 15) is 18.0 Å². The number of rotatable bonds is 6. The number of aromatic nitrogens is 2. The molecule has 1 amide bonds. The lowest BCUT2D eigenvalue weighted by Crippen LogP contribution is -2.44. The Morgan fingerprint density at radius 3 is 2.43 bits per heavy atom. The molecule has 0 aliphatic heterocycles. The number of carbonyl (C=O) groups is 2. The number of hydrogen-bond acceptors (Lipinski definition) is 5. The Morgan fingerprint density at radius 2 is 2.05 bits per heavy atom. The molecular formula is C11H16ClN3O5S. The fraction of sp³-hybridized carbons (Fsp3) is 0.545. The minimum Gasteiger partial charge on any atom is -0.480 e. The van der Waals surface area contributed by atoms with Gasteiger partial charge in [0.05, 0.1) is 27.9 Å². The standard InChI is InChI=1S/C11H16ClN3O5S/c1-6-10(12)9(15(3)14-6)5-21(19,20)4-8(11(17)18)13-7(2)16/h8H,4-5H2,1-3H3,(H,13,16)(H,17,18). The number of sulfone groups is 1. The quantitative estimate of drug-likeness (QED) is 0.747. The SMILES string of the molecule is CC(=O)NC(CS(=O)(=O)Cc1c(Cl)c(C)nn1C)C(=O)O. The van der Waals surface area contributed by atoms with Crippen molar-refractivity contribution in [1.29, 1.82) is 0 Å². The smallest absolute Gasteiger partial charge is 0.327 e. The fourth-order valence-electron chi connectivity index (χ4n) is 1.78. The van der Waals surface area contributed by atoms with Gasteiger partial charge in [0, 0.05) is 14.0 Å². The van der Waals surface area contributed by atoms with E-state index in [0.29, 0.717) is 5.69 Å². The molecule has 118 valence electrons. The number of nitrogens with one attached hydrogen (secondary N) is 1. The third kappa shape index (κ3) is 4.71. The van der Waals surface area contributed by atoms with Gasteiger partial charge in [-0.05, 0) is 6.92 Å². The highest BCUT2D eigenvalue weighted by atomic mass is 35.5. The molecule has 10 heteroatoms. The van der Waals surface area contributed by atoms with Crippen molar-refractivity contribution in [2.24, 2.45) is 7.05 Å². The monoisotopic (exact) mass is 337 g/mol. The van der Waals surface area contributed by atoms with Crippen LogP contribution in [0.15, 0.2) is 0 Å². The number of hydrogen-bond donors (Lipinski definition) is 2. The molecule has 0 radical (unpaired) electrons. The lowest BCUT2D eigenvalue weighted by atomic mass is 10.3. The van der Waals surface area contributed by atoms with E-state index >= 15 is 0 Å². The summed E-state index contributed by atoms with van der Waals surface area (Å²) in [5.41, 5.74) is 0.766. The highest BCUT2D eigenvalue weighted by Gasteiger charge is 2.28. The van der Waals surface area contributed by atoms with Gasteiger partial charge in [0.1, 0.15) is 6.04 Å². The molecule has 21 heavy (non-hydrogen) atoms. The summed E-state index contributed by atoms with van der Waals surface area (Å²) < 4.78 is 25.5. The van der Waals surface area contributed by atoms with Gasteiger partial charge in [-0.3, -0.25) is 9.48 Å². The first-order chi connectivity index (χ1) is 9.53. The summed E-state index contributed by atoms with van der Waals surface area (Å²) in [6.45, 7) is 2.75. The predicted octanol–water partition coefficient (Wildman–Crippen LogP) is -0.114. The Morgan fingerprint density at radius 1 is 1.48 bits per heavy atom. The van der Waals surface area contributed by atoms with E-state index in [-0.39, 0.29) is 10.7 Å². The van der Waals surface area contributed by atoms with Crippen molar-refractivity contribution in [2.45, 2.75) is 25.6 Å². The first-order valence-corrected chi connectivity index (χ1v) is 8.11. The number of aryl methyl sites for hydroxylation is 2.